The number of aryl methyl sites for hydroxylation is 2. The highest BCUT2D eigenvalue weighted by atomic mass is 16.2. The predicted molar refractivity (Wildman–Crippen MR) is 63.0 cm³/mol. The quantitative estimate of drug-likeness (QED) is 0.685. The van der Waals surface area contributed by atoms with Gasteiger partial charge in [-0.25, -0.2) is 0 Å². The fraction of sp³-hybridized carbons (Fsp3) is 0.636. The van der Waals surface area contributed by atoms with Crippen LogP contribution in [0, 0.1) is 13.8 Å². The van der Waals surface area contributed by atoms with Crippen molar-refractivity contribution >= 4 is 5.91 Å². The van der Waals surface area contributed by atoms with Crippen molar-refractivity contribution in [3.05, 3.63) is 17.5 Å². The molecule has 5 nitrogen and oxygen atoms in total. The topological polar surface area (TPSA) is 72.9 Å². The van der Waals surface area contributed by atoms with E-state index < -0.39 is 0 Å². The monoisotopic (exact) mass is 224 g/mol. The molecule has 0 saturated carbocycles. The molecule has 3 N–H and O–H groups in total. The molecule has 1 amide bonds. The second-order valence-electron chi connectivity index (χ2n) is 3.93. The summed E-state index contributed by atoms with van der Waals surface area (Å²) in [6.45, 7) is 5.52. The van der Waals surface area contributed by atoms with Crippen LogP contribution in [0.3, 0.4) is 0 Å². The van der Waals surface area contributed by atoms with Gasteiger partial charge in [-0.2, -0.15) is 5.10 Å². The maximum atomic E-state index is 11.5. The van der Waals surface area contributed by atoms with Gasteiger partial charge in [0.2, 0.25) is 5.91 Å². The third-order valence-electron chi connectivity index (χ3n) is 2.35. The molecule has 0 aromatic carbocycles. The fourth-order valence-electron chi connectivity index (χ4n) is 1.52. The van der Waals surface area contributed by atoms with Gasteiger partial charge >= 0.3 is 0 Å². The zero-order valence-corrected chi connectivity index (χ0v) is 9.99. The van der Waals surface area contributed by atoms with E-state index in [-0.39, 0.29) is 5.91 Å². The third kappa shape index (κ3) is 4.02. The minimum atomic E-state index is 0.00298. The summed E-state index contributed by atoms with van der Waals surface area (Å²) >= 11 is 0. The number of nitrogens with two attached hydrogens (primary N) is 1. The molecular formula is C11H20N4O. The number of hydrogen-bond acceptors (Lipinski definition) is 3. The van der Waals surface area contributed by atoms with Crippen LogP contribution in [0.25, 0.3) is 0 Å². The molecule has 0 atom stereocenters. The molecule has 0 unspecified atom stereocenters. The van der Waals surface area contributed by atoms with Gasteiger partial charge in [0, 0.05) is 12.2 Å². The van der Waals surface area contributed by atoms with Crippen LogP contribution >= 0.6 is 0 Å². The highest BCUT2D eigenvalue weighted by Gasteiger charge is 2.05. The van der Waals surface area contributed by atoms with Gasteiger partial charge in [-0.15, -0.1) is 0 Å². The van der Waals surface area contributed by atoms with E-state index in [0.717, 1.165) is 24.2 Å². The Kier molecular flexibility index (Phi) is 4.98. The molecule has 1 aromatic heterocycles. The van der Waals surface area contributed by atoms with Gasteiger partial charge in [-0.05, 0) is 39.3 Å². The fourth-order valence-corrected chi connectivity index (χ4v) is 1.52. The number of rotatable bonds is 6. The second kappa shape index (κ2) is 6.27. The zero-order valence-electron chi connectivity index (χ0n) is 9.99. The number of nitrogens with one attached hydrogen (secondary N) is 1. The van der Waals surface area contributed by atoms with Crippen molar-refractivity contribution in [3.63, 3.8) is 0 Å². The SMILES string of the molecule is Cc1cc(C)n(CC(=O)NCCCCN)n1. The third-order valence-corrected chi connectivity index (χ3v) is 2.35. The van der Waals surface area contributed by atoms with Crippen molar-refractivity contribution < 1.29 is 4.79 Å². The van der Waals surface area contributed by atoms with Crippen molar-refractivity contribution in [2.24, 2.45) is 5.73 Å². The lowest BCUT2D eigenvalue weighted by molar-refractivity contribution is -0.121. The summed E-state index contributed by atoms with van der Waals surface area (Å²) in [5, 5.41) is 7.08. The molecule has 0 aliphatic rings. The van der Waals surface area contributed by atoms with Crippen molar-refractivity contribution in [3.8, 4) is 0 Å². The summed E-state index contributed by atoms with van der Waals surface area (Å²) < 4.78 is 1.72. The van der Waals surface area contributed by atoms with E-state index >= 15 is 0 Å². The maximum absolute atomic E-state index is 11.5. The Labute approximate surface area is 96.0 Å². The lowest BCUT2D eigenvalue weighted by Crippen LogP contribution is -2.29. The largest absolute Gasteiger partial charge is 0.354 e. The minimum Gasteiger partial charge on any atom is -0.354 e. The van der Waals surface area contributed by atoms with Gasteiger partial charge in [0.25, 0.3) is 0 Å². The van der Waals surface area contributed by atoms with E-state index in [9.17, 15) is 4.79 Å². The van der Waals surface area contributed by atoms with Gasteiger partial charge in [-0.1, -0.05) is 0 Å². The number of aromatic nitrogens is 2. The molecule has 5 heteroatoms. The summed E-state index contributed by atoms with van der Waals surface area (Å²) in [5.41, 5.74) is 7.31. The van der Waals surface area contributed by atoms with E-state index in [2.05, 4.69) is 10.4 Å². The lowest BCUT2D eigenvalue weighted by Gasteiger charge is -2.06. The summed E-state index contributed by atoms with van der Waals surface area (Å²) in [4.78, 5) is 11.5. The first-order chi connectivity index (χ1) is 7.63. The maximum Gasteiger partial charge on any atom is 0.241 e. The molecule has 0 spiro atoms. The molecule has 0 fully saturated rings. The molecule has 0 bridgehead atoms. The number of nitrogens with zero attached hydrogens (tertiary/aromatic N) is 2. The Bertz CT molecular complexity index is 346. The van der Waals surface area contributed by atoms with Crippen LogP contribution in [-0.2, 0) is 11.3 Å². The molecular weight excluding hydrogens is 204 g/mol. The average Bonchev–Trinajstić information content (AvgIpc) is 2.52. The highest BCUT2D eigenvalue weighted by Crippen LogP contribution is 2.00. The minimum absolute atomic E-state index is 0.00298. The van der Waals surface area contributed by atoms with E-state index in [0.29, 0.717) is 19.6 Å². The summed E-state index contributed by atoms with van der Waals surface area (Å²) in [5.74, 6) is 0.00298. The molecule has 1 heterocycles. The van der Waals surface area contributed by atoms with Crippen LogP contribution in [0.2, 0.25) is 0 Å². The van der Waals surface area contributed by atoms with Gasteiger partial charge in [-0.3, -0.25) is 9.48 Å². The molecule has 16 heavy (non-hydrogen) atoms. The zero-order chi connectivity index (χ0) is 12.0. The Morgan fingerprint density at radius 1 is 1.50 bits per heavy atom. The van der Waals surface area contributed by atoms with Crippen molar-refractivity contribution in [2.45, 2.75) is 33.2 Å². The van der Waals surface area contributed by atoms with E-state index in [1.54, 1.807) is 4.68 Å². The average molecular weight is 224 g/mol. The molecule has 0 aliphatic carbocycles. The van der Waals surface area contributed by atoms with Crippen LogP contribution in [0.1, 0.15) is 24.2 Å². The molecule has 0 radical (unpaired) electrons. The van der Waals surface area contributed by atoms with Crippen molar-refractivity contribution in [2.75, 3.05) is 13.1 Å². The second-order valence-corrected chi connectivity index (χ2v) is 3.93. The van der Waals surface area contributed by atoms with E-state index in [4.69, 9.17) is 5.73 Å². The molecule has 1 rings (SSSR count). The summed E-state index contributed by atoms with van der Waals surface area (Å²) in [6.07, 6.45) is 1.87. The first-order valence-electron chi connectivity index (χ1n) is 5.61. The van der Waals surface area contributed by atoms with Crippen LogP contribution in [-0.4, -0.2) is 28.8 Å². The molecule has 90 valence electrons. The highest BCUT2D eigenvalue weighted by molar-refractivity contribution is 5.75. The number of carbonyl (C=O) groups excluding carboxylic acids is 1. The van der Waals surface area contributed by atoms with Gasteiger partial charge in [0.1, 0.15) is 6.54 Å². The number of amides is 1. The van der Waals surface area contributed by atoms with E-state index in [1.807, 2.05) is 19.9 Å². The van der Waals surface area contributed by atoms with Crippen LogP contribution in [0.15, 0.2) is 6.07 Å². The van der Waals surface area contributed by atoms with Crippen molar-refractivity contribution in [1.82, 2.24) is 15.1 Å². The first-order valence-corrected chi connectivity index (χ1v) is 5.61. The van der Waals surface area contributed by atoms with Crippen LogP contribution in [0.5, 0.6) is 0 Å². The van der Waals surface area contributed by atoms with Gasteiger partial charge < -0.3 is 11.1 Å². The van der Waals surface area contributed by atoms with Gasteiger partial charge in [0.15, 0.2) is 0 Å². The Balaban J connectivity index is 2.31. The lowest BCUT2D eigenvalue weighted by atomic mass is 10.3. The van der Waals surface area contributed by atoms with Crippen LogP contribution < -0.4 is 11.1 Å². The number of hydrogen-bond donors (Lipinski definition) is 2. The number of carbonyl (C=O) groups is 1. The summed E-state index contributed by atoms with van der Waals surface area (Å²) in [6, 6.07) is 1.96. The van der Waals surface area contributed by atoms with Crippen LogP contribution in [0.4, 0.5) is 0 Å². The standard InChI is InChI=1S/C11H20N4O/c1-9-7-10(2)15(14-9)8-11(16)13-6-4-3-5-12/h7H,3-6,8,12H2,1-2H3,(H,13,16). The molecule has 0 aliphatic heterocycles. The molecule has 0 saturated heterocycles. The summed E-state index contributed by atoms with van der Waals surface area (Å²) in [7, 11) is 0. The predicted octanol–water partition coefficient (Wildman–Crippen LogP) is 0.355. The van der Waals surface area contributed by atoms with Gasteiger partial charge in [0.05, 0.1) is 5.69 Å². The Morgan fingerprint density at radius 3 is 2.81 bits per heavy atom. The Morgan fingerprint density at radius 2 is 2.25 bits per heavy atom. The number of unbranched alkanes of at least 4 members (excludes halogenated alkanes) is 1. The first kappa shape index (κ1) is 12.7. The normalized spacial score (nSPS) is 10.4. The Hall–Kier alpha value is -1.36. The van der Waals surface area contributed by atoms with Crippen molar-refractivity contribution in [1.29, 1.82) is 0 Å². The smallest absolute Gasteiger partial charge is 0.241 e. The molecule has 1 aromatic rings. The van der Waals surface area contributed by atoms with E-state index in [1.165, 1.54) is 0 Å².